The fourth-order valence-corrected chi connectivity index (χ4v) is 1.88. The second-order valence-electron chi connectivity index (χ2n) is 4.98. The lowest BCUT2D eigenvalue weighted by Gasteiger charge is -2.10. The highest BCUT2D eigenvalue weighted by Crippen LogP contribution is 2.45. The molecule has 1 amide bonds. The quantitative estimate of drug-likeness (QED) is 0.762. The Morgan fingerprint density at radius 3 is 2.90 bits per heavy atom. The summed E-state index contributed by atoms with van der Waals surface area (Å²) in [6, 6.07) is 3.38. The van der Waals surface area contributed by atoms with Gasteiger partial charge in [-0.25, -0.2) is 0 Å². The van der Waals surface area contributed by atoms with E-state index in [9.17, 15) is 9.59 Å². The number of nitrogens with zero attached hydrogens (tertiary/aromatic N) is 4. The minimum atomic E-state index is -0.873. The van der Waals surface area contributed by atoms with Crippen molar-refractivity contribution in [2.75, 3.05) is 6.54 Å². The van der Waals surface area contributed by atoms with E-state index in [0.717, 1.165) is 4.80 Å². The van der Waals surface area contributed by atoms with Crippen molar-refractivity contribution in [2.45, 2.75) is 19.4 Å². The van der Waals surface area contributed by atoms with Crippen LogP contribution >= 0.6 is 0 Å². The number of furan rings is 1. The number of rotatable bonds is 6. The van der Waals surface area contributed by atoms with Crippen LogP contribution in [0.1, 0.15) is 12.8 Å². The molecule has 0 spiro atoms. The molecule has 21 heavy (non-hydrogen) atoms. The Labute approximate surface area is 118 Å². The van der Waals surface area contributed by atoms with Crippen LogP contribution in [0.2, 0.25) is 0 Å². The Morgan fingerprint density at radius 2 is 2.29 bits per heavy atom. The second kappa shape index (κ2) is 5.00. The van der Waals surface area contributed by atoms with Crippen molar-refractivity contribution in [3.05, 3.63) is 18.4 Å². The molecule has 1 aliphatic carbocycles. The van der Waals surface area contributed by atoms with Gasteiger partial charge in [-0.05, 0) is 30.2 Å². The standard InChI is InChI=1S/C12H13N5O4/c18-9(13-7-12(3-4-12)11(19)20)6-17-15-10(14-16-17)8-2-1-5-21-8/h1-2,5H,3-4,6-7H2,(H,13,18)(H,19,20). The van der Waals surface area contributed by atoms with Gasteiger partial charge in [-0.15, -0.1) is 10.2 Å². The van der Waals surface area contributed by atoms with Crippen LogP contribution in [0.4, 0.5) is 0 Å². The van der Waals surface area contributed by atoms with E-state index in [1.165, 1.54) is 6.26 Å². The largest absolute Gasteiger partial charge is 0.481 e. The van der Waals surface area contributed by atoms with Crippen molar-refractivity contribution in [3.8, 4) is 11.6 Å². The fourth-order valence-electron chi connectivity index (χ4n) is 1.88. The molecule has 2 aromatic rings. The molecule has 0 aromatic carbocycles. The zero-order valence-electron chi connectivity index (χ0n) is 11.0. The number of carbonyl (C=O) groups excluding carboxylic acids is 1. The summed E-state index contributed by atoms with van der Waals surface area (Å²) < 4.78 is 5.12. The average Bonchev–Trinajstić information content (AvgIpc) is 2.88. The lowest BCUT2D eigenvalue weighted by atomic mass is 10.1. The third-order valence-corrected chi connectivity index (χ3v) is 3.41. The number of hydrogen-bond acceptors (Lipinski definition) is 6. The molecule has 2 heterocycles. The van der Waals surface area contributed by atoms with E-state index >= 15 is 0 Å². The van der Waals surface area contributed by atoms with Crippen molar-refractivity contribution >= 4 is 11.9 Å². The molecule has 1 aliphatic rings. The molecule has 0 saturated heterocycles. The molecule has 1 saturated carbocycles. The molecule has 9 heteroatoms. The summed E-state index contributed by atoms with van der Waals surface area (Å²) in [4.78, 5) is 23.9. The van der Waals surface area contributed by atoms with Gasteiger partial charge in [0.2, 0.25) is 11.7 Å². The van der Waals surface area contributed by atoms with Crippen LogP contribution < -0.4 is 5.32 Å². The van der Waals surface area contributed by atoms with Gasteiger partial charge in [0.15, 0.2) is 5.76 Å². The number of carboxylic acid groups (broad SMARTS) is 1. The normalized spacial score (nSPS) is 15.6. The number of nitrogens with one attached hydrogen (secondary N) is 1. The number of aliphatic carboxylic acids is 1. The monoisotopic (exact) mass is 291 g/mol. The zero-order valence-corrected chi connectivity index (χ0v) is 11.0. The van der Waals surface area contributed by atoms with E-state index in [1.54, 1.807) is 12.1 Å². The Balaban J connectivity index is 1.55. The maximum atomic E-state index is 11.7. The van der Waals surface area contributed by atoms with Gasteiger partial charge < -0.3 is 14.8 Å². The summed E-state index contributed by atoms with van der Waals surface area (Å²) in [6.45, 7) is 0.00428. The lowest BCUT2D eigenvalue weighted by molar-refractivity contribution is -0.143. The fraction of sp³-hybridized carbons (Fsp3) is 0.417. The molecule has 110 valence electrons. The van der Waals surface area contributed by atoms with Gasteiger partial charge in [-0.2, -0.15) is 4.80 Å². The van der Waals surface area contributed by atoms with Gasteiger partial charge in [0.1, 0.15) is 6.54 Å². The summed E-state index contributed by atoms with van der Waals surface area (Å²) in [5.41, 5.74) is -0.787. The van der Waals surface area contributed by atoms with Gasteiger partial charge in [-0.3, -0.25) is 9.59 Å². The van der Waals surface area contributed by atoms with Crippen LogP contribution in [-0.4, -0.2) is 43.7 Å². The predicted molar refractivity (Wildman–Crippen MR) is 67.8 cm³/mol. The first-order valence-corrected chi connectivity index (χ1v) is 6.41. The SMILES string of the molecule is O=C(Cn1nnc(-c2ccco2)n1)NCC1(C(=O)O)CC1. The average molecular weight is 291 g/mol. The van der Waals surface area contributed by atoms with E-state index in [1.807, 2.05) is 0 Å². The van der Waals surface area contributed by atoms with Crippen molar-refractivity contribution in [3.63, 3.8) is 0 Å². The summed E-state index contributed by atoms with van der Waals surface area (Å²) in [5, 5.41) is 23.1. The Morgan fingerprint density at radius 1 is 1.48 bits per heavy atom. The van der Waals surface area contributed by atoms with Crippen LogP contribution in [0, 0.1) is 5.41 Å². The molecule has 0 atom stereocenters. The maximum absolute atomic E-state index is 11.7. The topological polar surface area (TPSA) is 123 Å². The summed E-state index contributed by atoms with van der Waals surface area (Å²) in [5.74, 6) is -0.478. The van der Waals surface area contributed by atoms with E-state index in [0.29, 0.717) is 18.6 Å². The minimum Gasteiger partial charge on any atom is -0.481 e. The van der Waals surface area contributed by atoms with Crippen molar-refractivity contribution in [1.82, 2.24) is 25.5 Å². The van der Waals surface area contributed by atoms with Crippen LogP contribution in [-0.2, 0) is 16.1 Å². The minimum absolute atomic E-state index is 0.122. The molecular formula is C12H13N5O4. The Bertz CT molecular complexity index is 659. The van der Waals surface area contributed by atoms with Crippen LogP contribution in [0.5, 0.6) is 0 Å². The van der Waals surface area contributed by atoms with Crippen LogP contribution in [0.15, 0.2) is 22.8 Å². The molecule has 9 nitrogen and oxygen atoms in total. The van der Waals surface area contributed by atoms with Gasteiger partial charge in [0.25, 0.3) is 0 Å². The van der Waals surface area contributed by atoms with Crippen molar-refractivity contribution in [1.29, 1.82) is 0 Å². The number of tetrazole rings is 1. The van der Waals surface area contributed by atoms with E-state index in [-0.39, 0.29) is 24.8 Å². The number of carbonyl (C=O) groups is 2. The number of carboxylic acids is 1. The summed E-state index contributed by atoms with van der Waals surface area (Å²) in [6.07, 6.45) is 2.67. The molecule has 2 N–H and O–H groups in total. The van der Waals surface area contributed by atoms with Gasteiger partial charge >= 0.3 is 5.97 Å². The van der Waals surface area contributed by atoms with Gasteiger partial charge in [0.05, 0.1) is 11.7 Å². The highest BCUT2D eigenvalue weighted by atomic mass is 16.4. The van der Waals surface area contributed by atoms with Crippen molar-refractivity contribution < 1.29 is 19.1 Å². The molecular weight excluding hydrogens is 278 g/mol. The number of amides is 1. The zero-order chi connectivity index (χ0) is 14.9. The van der Waals surface area contributed by atoms with Crippen molar-refractivity contribution in [2.24, 2.45) is 5.41 Å². The summed E-state index contributed by atoms with van der Waals surface area (Å²) in [7, 11) is 0. The molecule has 3 rings (SSSR count). The third-order valence-electron chi connectivity index (χ3n) is 3.41. The Hall–Kier alpha value is -2.71. The highest BCUT2D eigenvalue weighted by Gasteiger charge is 2.50. The second-order valence-corrected chi connectivity index (χ2v) is 4.98. The smallest absolute Gasteiger partial charge is 0.311 e. The first-order chi connectivity index (χ1) is 10.1. The lowest BCUT2D eigenvalue weighted by Crippen LogP contribution is -2.36. The van der Waals surface area contributed by atoms with Crippen LogP contribution in [0.3, 0.4) is 0 Å². The molecule has 0 unspecified atom stereocenters. The number of aromatic nitrogens is 4. The summed E-state index contributed by atoms with van der Waals surface area (Å²) >= 11 is 0. The first kappa shape index (κ1) is 13.3. The molecule has 0 bridgehead atoms. The Kier molecular flexibility index (Phi) is 3.16. The molecule has 0 aliphatic heterocycles. The molecule has 0 radical (unpaired) electrons. The van der Waals surface area contributed by atoms with E-state index in [4.69, 9.17) is 9.52 Å². The van der Waals surface area contributed by atoms with Gasteiger partial charge in [0, 0.05) is 6.54 Å². The molecule has 2 aromatic heterocycles. The van der Waals surface area contributed by atoms with Crippen LogP contribution in [0.25, 0.3) is 11.6 Å². The third kappa shape index (κ3) is 2.76. The van der Waals surface area contributed by atoms with Gasteiger partial charge in [-0.1, -0.05) is 0 Å². The molecule has 1 fully saturated rings. The first-order valence-electron chi connectivity index (χ1n) is 6.41. The number of hydrogen-bond donors (Lipinski definition) is 2. The highest BCUT2D eigenvalue weighted by molar-refractivity contribution is 5.80. The predicted octanol–water partition coefficient (Wildman–Crippen LogP) is -0.0859. The van der Waals surface area contributed by atoms with E-state index < -0.39 is 11.4 Å². The maximum Gasteiger partial charge on any atom is 0.311 e. The van der Waals surface area contributed by atoms with E-state index in [2.05, 4.69) is 20.7 Å².